The molecule has 8 heteroatoms. The number of allylic oxidation sites excluding steroid dienone is 2. The maximum absolute atomic E-state index is 13.3. The predicted molar refractivity (Wildman–Crippen MR) is 110 cm³/mol. The van der Waals surface area contributed by atoms with E-state index in [9.17, 15) is 9.13 Å². The highest BCUT2D eigenvalue weighted by molar-refractivity contribution is 7.78. The zero-order chi connectivity index (χ0) is 20.3. The molecule has 0 radical (unpaired) electrons. The highest BCUT2D eigenvalue weighted by atomic mass is 31.2. The molecule has 27 heavy (non-hydrogen) atoms. The lowest BCUT2D eigenvalue weighted by Crippen LogP contribution is -2.04. The minimum absolute atomic E-state index is 0.0919. The molecule has 6 nitrogen and oxygen atoms in total. The van der Waals surface area contributed by atoms with Crippen LogP contribution in [0.25, 0.3) is 6.08 Å². The third kappa shape index (κ3) is 7.15. The fourth-order valence-corrected chi connectivity index (χ4v) is 6.74. The molecule has 0 aliphatic carbocycles. The smallest absolute Gasteiger partial charge is 0.305 e. The van der Waals surface area contributed by atoms with Crippen LogP contribution in [0.15, 0.2) is 41.5 Å². The summed E-state index contributed by atoms with van der Waals surface area (Å²) in [6.07, 6.45) is 4.91. The van der Waals surface area contributed by atoms with Crippen LogP contribution in [0.4, 0.5) is 0 Å². The van der Waals surface area contributed by atoms with Gasteiger partial charge in [0.1, 0.15) is 0 Å². The standard InChI is InChI=1S/C19H30O6P2/c1-6-22-26(20,23-7-2)19(27(21,24-8-3)25-9-4)12-10-11-18-15-13-17(5)14-16-18/h10-16H,6-9H2,1-5H3/b11-10+. The van der Waals surface area contributed by atoms with E-state index >= 15 is 0 Å². The second-order valence-electron chi connectivity index (χ2n) is 5.46. The first-order valence-electron chi connectivity index (χ1n) is 9.09. The maximum atomic E-state index is 13.3. The van der Waals surface area contributed by atoms with E-state index in [4.69, 9.17) is 18.1 Å². The van der Waals surface area contributed by atoms with Gasteiger partial charge in [-0.3, -0.25) is 9.13 Å². The number of hydrogen-bond acceptors (Lipinski definition) is 6. The summed E-state index contributed by atoms with van der Waals surface area (Å²) in [5.74, 6) is 0. The van der Waals surface area contributed by atoms with Gasteiger partial charge in [-0.25, -0.2) is 0 Å². The molecule has 0 atom stereocenters. The van der Waals surface area contributed by atoms with Gasteiger partial charge in [0, 0.05) is 0 Å². The van der Waals surface area contributed by atoms with Gasteiger partial charge in [0.2, 0.25) is 0 Å². The zero-order valence-corrected chi connectivity index (χ0v) is 18.5. The Balaban J connectivity index is 3.40. The lowest BCUT2D eigenvalue weighted by molar-refractivity contribution is 0.214. The van der Waals surface area contributed by atoms with Crippen molar-refractivity contribution in [3.05, 3.63) is 52.6 Å². The molecular weight excluding hydrogens is 386 g/mol. The first-order chi connectivity index (χ1) is 12.8. The van der Waals surface area contributed by atoms with Crippen LogP contribution in [0.1, 0.15) is 38.8 Å². The van der Waals surface area contributed by atoms with Crippen molar-refractivity contribution in [2.24, 2.45) is 0 Å². The Kier molecular flexibility index (Phi) is 10.5. The minimum atomic E-state index is -3.84. The van der Waals surface area contributed by atoms with Gasteiger partial charge in [-0.15, -0.1) is 0 Å². The van der Waals surface area contributed by atoms with Crippen LogP contribution in [0.2, 0.25) is 0 Å². The quantitative estimate of drug-likeness (QED) is 0.291. The van der Waals surface area contributed by atoms with E-state index < -0.39 is 15.2 Å². The van der Waals surface area contributed by atoms with Gasteiger partial charge in [-0.2, -0.15) is 0 Å². The summed E-state index contributed by atoms with van der Waals surface area (Å²) < 4.78 is 48.2. The molecule has 0 amide bonds. The van der Waals surface area contributed by atoms with Gasteiger partial charge in [-0.05, 0) is 46.3 Å². The van der Waals surface area contributed by atoms with Gasteiger partial charge in [-0.1, -0.05) is 42.0 Å². The minimum Gasteiger partial charge on any atom is -0.305 e. The summed E-state index contributed by atoms with van der Waals surface area (Å²) in [6.45, 7) is 9.31. The summed E-state index contributed by atoms with van der Waals surface area (Å²) in [4.78, 5) is 0. The molecule has 1 rings (SSSR count). The topological polar surface area (TPSA) is 71.1 Å². The normalized spacial score (nSPS) is 12.5. The number of benzene rings is 1. The Bertz CT molecular complexity index is 672. The summed E-state index contributed by atoms with van der Waals surface area (Å²) in [6, 6.07) is 7.88. The van der Waals surface area contributed by atoms with Gasteiger partial charge in [0.15, 0.2) is 5.06 Å². The number of aryl methyl sites for hydroxylation is 1. The molecular formula is C19H30O6P2. The highest BCUT2D eigenvalue weighted by Crippen LogP contribution is 2.73. The van der Waals surface area contributed by atoms with Crippen LogP contribution in [0.3, 0.4) is 0 Å². The largest absolute Gasteiger partial charge is 0.369 e. The monoisotopic (exact) mass is 416 g/mol. The molecule has 0 saturated heterocycles. The molecule has 0 heterocycles. The second-order valence-corrected chi connectivity index (χ2v) is 9.80. The Morgan fingerprint density at radius 2 is 1.22 bits per heavy atom. The number of rotatable bonds is 12. The Morgan fingerprint density at radius 3 is 1.59 bits per heavy atom. The van der Waals surface area contributed by atoms with E-state index in [-0.39, 0.29) is 31.5 Å². The lowest BCUT2D eigenvalue weighted by atomic mass is 10.1. The first kappa shape index (κ1) is 24.0. The maximum Gasteiger partial charge on any atom is 0.369 e. The summed E-state index contributed by atoms with van der Waals surface area (Å²) in [5.41, 5.74) is 2.10. The SMILES string of the molecule is CCOP(=O)(OCC)C(=C/C=C/c1ccc(C)cc1)P(=O)(OCC)OCC. The van der Waals surface area contributed by atoms with Crippen LogP contribution < -0.4 is 0 Å². The van der Waals surface area contributed by atoms with Crippen LogP contribution in [0.5, 0.6) is 0 Å². The molecule has 0 fully saturated rings. The summed E-state index contributed by atoms with van der Waals surface area (Å²) >= 11 is 0. The average Bonchev–Trinajstić information content (AvgIpc) is 2.61. The van der Waals surface area contributed by atoms with E-state index in [0.717, 1.165) is 11.1 Å². The third-order valence-electron chi connectivity index (χ3n) is 3.37. The third-order valence-corrected chi connectivity index (χ3v) is 8.65. The molecule has 0 N–H and O–H groups in total. The van der Waals surface area contributed by atoms with Crippen molar-refractivity contribution < 1.29 is 27.2 Å². The molecule has 0 saturated carbocycles. The fourth-order valence-electron chi connectivity index (χ4n) is 2.27. The van der Waals surface area contributed by atoms with E-state index in [1.165, 1.54) is 6.08 Å². The van der Waals surface area contributed by atoms with Crippen LogP contribution in [-0.2, 0) is 27.2 Å². The molecule has 0 aromatic heterocycles. The molecule has 0 bridgehead atoms. The van der Waals surface area contributed by atoms with Gasteiger partial charge in [0.25, 0.3) is 0 Å². The van der Waals surface area contributed by atoms with Crippen molar-refractivity contribution >= 4 is 21.3 Å². The van der Waals surface area contributed by atoms with Gasteiger partial charge < -0.3 is 18.1 Å². The highest BCUT2D eigenvalue weighted by Gasteiger charge is 2.44. The Hall–Kier alpha value is -1.00. The van der Waals surface area contributed by atoms with Crippen molar-refractivity contribution in [1.82, 2.24) is 0 Å². The van der Waals surface area contributed by atoms with E-state index in [1.54, 1.807) is 33.8 Å². The van der Waals surface area contributed by atoms with E-state index in [2.05, 4.69) is 0 Å². The molecule has 0 aliphatic heterocycles. The Morgan fingerprint density at radius 1 is 0.815 bits per heavy atom. The van der Waals surface area contributed by atoms with Crippen molar-refractivity contribution in [3.63, 3.8) is 0 Å². The van der Waals surface area contributed by atoms with Gasteiger partial charge >= 0.3 is 15.2 Å². The average molecular weight is 416 g/mol. The van der Waals surface area contributed by atoms with E-state index in [1.807, 2.05) is 37.3 Å². The molecule has 0 spiro atoms. The number of hydrogen-bond donors (Lipinski definition) is 0. The van der Waals surface area contributed by atoms with Crippen molar-refractivity contribution in [3.8, 4) is 0 Å². The summed E-state index contributed by atoms with van der Waals surface area (Å²) in [7, 11) is -7.69. The summed E-state index contributed by atoms with van der Waals surface area (Å²) in [5, 5.41) is -0.0919. The van der Waals surface area contributed by atoms with Crippen LogP contribution in [0, 0.1) is 6.92 Å². The molecule has 1 aromatic carbocycles. The lowest BCUT2D eigenvalue weighted by Gasteiger charge is -2.25. The Labute approximate surface area is 162 Å². The van der Waals surface area contributed by atoms with Crippen LogP contribution in [-0.4, -0.2) is 26.4 Å². The molecule has 152 valence electrons. The van der Waals surface area contributed by atoms with Gasteiger partial charge in [0.05, 0.1) is 26.4 Å². The predicted octanol–water partition coefficient (Wildman–Crippen LogP) is 6.38. The van der Waals surface area contributed by atoms with Crippen molar-refractivity contribution in [2.75, 3.05) is 26.4 Å². The first-order valence-corrected chi connectivity index (χ1v) is 12.2. The zero-order valence-electron chi connectivity index (χ0n) is 16.7. The molecule has 0 unspecified atom stereocenters. The molecule has 0 aliphatic rings. The van der Waals surface area contributed by atoms with Crippen molar-refractivity contribution in [2.45, 2.75) is 34.6 Å². The second kappa shape index (κ2) is 11.8. The van der Waals surface area contributed by atoms with E-state index in [0.29, 0.717) is 0 Å². The van der Waals surface area contributed by atoms with Crippen LogP contribution >= 0.6 is 15.2 Å². The fraction of sp³-hybridized carbons (Fsp3) is 0.474. The molecule has 1 aromatic rings. The van der Waals surface area contributed by atoms with Crippen molar-refractivity contribution in [1.29, 1.82) is 0 Å².